The molecule has 0 saturated carbocycles. The molecule has 92 heavy (non-hydrogen) atoms. The van der Waals surface area contributed by atoms with Crippen LogP contribution in [0.1, 0.15) is 0 Å². The summed E-state index contributed by atoms with van der Waals surface area (Å²) >= 11 is 0. The van der Waals surface area contributed by atoms with E-state index in [0.717, 1.165) is 78.8 Å². The molecule has 0 aliphatic carbocycles. The van der Waals surface area contributed by atoms with Gasteiger partial charge in [-0.3, -0.25) is 40.5 Å². The highest BCUT2D eigenvalue weighted by molar-refractivity contribution is 5.97. The first-order valence-electron chi connectivity index (χ1n) is 28.9. The van der Waals surface area contributed by atoms with Crippen LogP contribution in [0.15, 0.2) is 297 Å². The number of ether oxygens (including phenoxy) is 1. The van der Waals surface area contributed by atoms with Crippen molar-refractivity contribution >= 4 is 101 Å². The van der Waals surface area contributed by atoms with Crippen molar-refractivity contribution in [1.29, 1.82) is 0 Å². The van der Waals surface area contributed by atoms with E-state index in [9.17, 15) is 40.5 Å². The number of rotatable bonds is 15. The number of hydrogen-bond donors (Lipinski definition) is 0. The molecule has 462 valence electrons. The van der Waals surface area contributed by atoms with Crippen molar-refractivity contribution in [2.75, 3.05) is 66.8 Å². The van der Waals surface area contributed by atoms with Gasteiger partial charge in [0.25, 0.3) is 22.7 Å². The van der Waals surface area contributed by atoms with Crippen molar-refractivity contribution in [1.82, 2.24) is 0 Å². The van der Waals surface area contributed by atoms with Crippen LogP contribution in [0.25, 0.3) is 21.5 Å². The van der Waals surface area contributed by atoms with Crippen LogP contribution in [0, 0.1) is 40.5 Å². The number of benzene rings is 12. The van der Waals surface area contributed by atoms with Crippen molar-refractivity contribution in [3.63, 3.8) is 0 Å². The standard InChI is InChI=1S/2C17H14N2O2.C14H15NO.2C13H12N2O2/c1-18(14-8-5-9-15(12-14)19(20)21)17-11-4-7-13-6-2-3-10-16(13)17;1-18(14-9-11-15(12-10-14)19(20)21)17-8-4-6-13-5-2-3-7-16(13)17;1-15(12-7-4-3-5-8-12)13-9-6-10-14(11-13)16-2;1-14(11-6-3-2-4-7-11)12-8-5-9-13(10-12)15(16)17;1-14(11-5-3-2-4-6-11)12-7-9-13(10-8-12)15(16)17/h2*2-12H,1H3;3-11H,1-2H3;2*2-10H,1H3. The number of anilines is 10. The van der Waals surface area contributed by atoms with Gasteiger partial charge >= 0.3 is 0 Å². The minimum absolute atomic E-state index is 0.0968. The highest BCUT2D eigenvalue weighted by Gasteiger charge is 2.15. The van der Waals surface area contributed by atoms with E-state index in [1.54, 1.807) is 55.6 Å². The predicted molar refractivity (Wildman–Crippen MR) is 373 cm³/mol. The number of nitro benzene ring substituents is 4. The maximum absolute atomic E-state index is 10.9. The summed E-state index contributed by atoms with van der Waals surface area (Å²) in [5.41, 5.74) is 10.2. The van der Waals surface area contributed by atoms with Crippen LogP contribution in [-0.4, -0.2) is 62.0 Å². The van der Waals surface area contributed by atoms with Gasteiger partial charge in [-0.15, -0.1) is 0 Å². The van der Waals surface area contributed by atoms with E-state index >= 15 is 0 Å². The zero-order valence-electron chi connectivity index (χ0n) is 51.5. The van der Waals surface area contributed by atoms with Crippen LogP contribution in [0.4, 0.5) is 79.6 Å². The third-order valence-electron chi connectivity index (χ3n) is 14.9. The van der Waals surface area contributed by atoms with Gasteiger partial charge in [0.1, 0.15) is 5.75 Å². The first-order valence-corrected chi connectivity index (χ1v) is 28.9. The molecule has 0 heterocycles. The highest BCUT2D eigenvalue weighted by Crippen LogP contribution is 2.35. The molecule has 0 radical (unpaired) electrons. The van der Waals surface area contributed by atoms with Gasteiger partial charge in [0.15, 0.2) is 0 Å². The van der Waals surface area contributed by atoms with E-state index in [0.29, 0.717) is 0 Å². The van der Waals surface area contributed by atoms with Gasteiger partial charge in [-0.1, -0.05) is 146 Å². The molecular formula is C74H67N9O9. The number of nitrogens with zero attached hydrogens (tertiary/aromatic N) is 9. The third-order valence-corrected chi connectivity index (χ3v) is 14.9. The van der Waals surface area contributed by atoms with Gasteiger partial charge in [0.2, 0.25) is 0 Å². The van der Waals surface area contributed by atoms with E-state index in [2.05, 4.69) is 59.5 Å². The van der Waals surface area contributed by atoms with Gasteiger partial charge in [0, 0.05) is 157 Å². The molecule has 12 aromatic rings. The fourth-order valence-electron chi connectivity index (χ4n) is 9.73. The number of fused-ring (bicyclic) bond motifs is 2. The molecule has 0 aliphatic rings. The van der Waals surface area contributed by atoms with Crippen LogP contribution in [-0.2, 0) is 0 Å². The number of para-hydroxylation sites is 3. The molecule has 0 bridgehead atoms. The molecule has 0 unspecified atom stereocenters. The molecule has 0 atom stereocenters. The second-order valence-electron chi connectivity index (χ2n) is 20.6. The van der Waals surface area contributed by atoms with E-state index in [-0.39, 0.29) is 37.5 Å². The van der Waals surface area contributed by atoms with Crippen molar-refractivity contribution in [3.8, 4) is 5.75 Å². The first kappa shape index (κ1) is 65.5. The van der Waals surface area contributed by atoms with Gasteiger partial charge in [-0.05, 0) is 108 Å². The lowest BCUT2D eigenvalue weighted by molar-refractivity contribution is -0.385. The number of non-ortho nitro benzene ring substituents is 4. The Morgan fingerprint density at radius 2 is 0.533 bits per heavy atom. The summed E-state index contributed by atoms with van der Waals surface area (Å²) in [7, 11) is 11.4. The smallest absolute Gasteiger partial charge is 0.271 e. The fraction of sp³-hybridized carbons (Fsp3) is 0.0811. The highest BCUT2D eigenvalue weighted by atomic mass is 16.6. The minimum atomic E-state index is -0.397. The quantitative estimate of drug-likeness (QED) is 0.0694. The van der Waals surface area contributed by atoms with E-state index < -0.39 is 4.92 Å². The monoisotopic (exact) mass is 1230 g/mol. The van der Waals surface area contributed by atoms with Gasteiger partial charge in [-0.25, -0.2) is 0 Å². The molecule has 18 nitrogen and oxygen atoms in total. The number of nitro groups is 4. The van der Waals surface area contributed by atoms with Crippen LogP contribution in [0.5, 0.6) is 5.75 Å². The molecular weight excluding hydrogens is 1160 g/mol. The van der Waals surface area contributed by atoms with Crippen LogP contribution < -0.4 is 29.2 Å². The second-order valence-corrected chi connectivity index (χ2v) is 20.6. The van der Waals surface area contributed by atoms with E-state index in [4.69, 9.17) is 4.74 Å². The molecule has 12 rings (SSSR count). The lowest BCUT2D eigenvalue weighted by atomic mass is 10.1. The average molecular weight is 1230 g/mol. The van der Waals surface area contributed by atoms with Crippen molar-refractivity contribution in [2.24, 2.45) is 0 Å². The fourth-order valence-corrected chi connectivity index (χ4v) is 9.73. The summed E-state index contributed by atoms with van der Waals surface area (Å²) in [6.45, 7) is 0. The Morgan fingerprint density at radius 3 is 0.913 bits per heavy atom. The molecule has 0 saturated heterocycles. The normalized spacial score (nSPS) is 10.2. The summed E-state index contributed by atoms with van der Waals surface area (Å²) in [6.07, 6.45) is 0. The number of methoxy groups -OCH3 is 1. The Bertz CT molecular complexity index is 4390. The summed E-state index contributed by atoms with van der Waals surface area (Å²) in [5, 5.41) is 47.5. The van der Waals surface area contributed by atoms with Gasteiger partial charge < -0.3 is 29.2 Å². The summed E-state index contributed by atoms with van der Waals surface area (Å²) in [6, 6.07) is 92.6. The van der Waals surface area contributed by atoms with Crippen LogP contribution >= 0.6 is 0 Å². The third kappa shape index (κ3) is 17.4. The average Bonchev–Trinajstić information content (AvgIpc) is 0.973. The Hall–Kier alpha value is -12.4. The predicted octanol–water partition coefficient (Wildman–Crippen LogP) is 19.2. The lowest BCUT2D eigenvalue weighted by Crippen LogP contribution is -2.10. The van der Waals surface area contributed by atoms with Crippen LogP contribution in [0.3, 0.4) is 0 Å². The van der Waals surface area contributed by atoms with E-state index in [1.165, 1.54) is 41.8 Å². The summed E-state index contributed by atoms with van der Waals surface area (Å²) < 4.78 is 5.21. The maximum Gasteiger partial charge on any atom is 0.271 e. The minimum Gasteiger partial charge on any atom is -0.497 e. The molecule has 0 aliphatic heterocycles. The van der Waals surface area contributed by atoms with E-state index in [1.807, 2.05) is 213 Å². The zero-order chi connectivity index (χ0) is 65.5. The molecule has 18 heteroatoms. The molecule has 0 N–H and O–H groups in total. The maximum atomic E-state index is 10.9. The topological polar surface area (TPSA) is 198 Å². The molecule has 0 amide bonds. The van der Waals surface area contributed by atoms with Gasteiger partial charge in [0.05, 0.1) is 26.8 Å². The Kier molecular flexibility index (Phi) is 22.8. The van der Waals surface area contributed by atoms with Crippen molar-refractivity contribution in [2.45, 2.75) is 0 Å². The van der Waals surface area contributed by atoms with Crippen molar-refractivity contribution in [3.05, 3.63) is 338 Å². The molecule has 0 spiro atoms. The van der Waals surface area contributed by atoms with Crippen molar-refractivity contribution < 1.29 is 24.4 Å². The molecule has 0 aromatic heterocycles. The first-order chi connectivity index (χ1) is 44.5. The number of hydrogen-bond acceptors (Lipinski definition) is 14. The Morgan fingerprint density at radius 1 is 0.261 bits per heavy atom. The zero-order valence-corrected chi connectivity index (χ0v) is 51.5. The molecule has 12 aromatic carbocycles. The SMILES string of the molecule is CN(c1ccc([N+](=O)[O-])cc1)c1cccc2ccccc12.CN(c1cccc([N+](=O)[O-])c1)c1cccc2ccccc12.CN(c1ccccc1)c1ccc([N+](=O)[O-])cc1.CN(c1ccccc1)c1cccc([N+](=O)[O-])c1.COc1cccc(N(C)c2ccccc2)c1. The van der Waals surface area contributed by atoms with Gasteiger partial charge in [-0.2, -0.15) is 0 Å². The Labute approximate surface area is 533 Å². The summed E-state index contributed by atoms with van der Waals surface area (Å²) in [4.78, 5) is 51.3. The van der Waals surface area contributed by atoms with Crippen LogP contribution in [0.2, 0.25) is 0 Å². The largest absolute Gasteiger partial charge is 0.497 e. The Balaban J connectivity index is 0.000000149. The summed E-state index contributed by atoms with van der Waals surface area (Å²) in [5.74, 6) is 0.875. The lowest BCUT2D eigenvalue weighted by Gasteiger charge is -2.21. The second kappa shape index (κ2) is 32.0. The molecule has 0 fully saturated rings.